The molecular formula is C15H17Cl2N5O2. The Labute approximate surface area is 149 Å². The number of hydrogen-bond donors (Lipinski definition) is 0. The van der Waals surface area contributed by atoms with E-state index in [1.54, 1.807) is 4.68 Å². The molecule has 0 atom stereocenters. The Morgan fingerprint density at radius 3 is 2.46 bits per heavy atom. The monoisotopic (exact) mass is 369 g/mol. The third kappa shape index (κ3) is 4.24. The molecule has 0 radical (unpaired) electrons. The van der Waals surface area contributed by atoms with Crippen LogP contribution < -0.4 is 0 Å². The van der Waals surface area contributed by atoms with Gasteiger partial charge in [-0.3, -0.25) is 24.6 Å². The van der Waals surface area contributed by atoms with Crippen LogP contribution in [0.25, 0.3) is 0 Å². The highest BCUT2D eigenvalue weighted by Gasteiger charge is 2.18. The van der Waals surface area contributed by atoms with Gasteiger partial charge >= 0.3 is 5.69 Å². The Bertz CT molecular complexity index is 728. The molecule has 7 nitrogen and oxygen atoms in total. The summed E-state index contributed by atoms with van der Waals surface area (Å²) in [4.78, 5) is 14.8. The van der Waals surface area contributed by atoms with Crippen molar-refractivity contribution in [3.05, 3.63) is 56.3 Å². The molecule has 0 amide bonds. The van der Waals surface area contributed by atoms with Gasteiger partial charge < -0.3 is 0 Å². The van der Waals surface area contributed by atoms with Gasteiger partial charge in [0.1, 0.15) is 12.4 Å². The fourth-order valence-electron chi connectivity index (χ4n) is 2.71. The van der Waals surface area contributed by atoms with Crippen LogP contribution in [0.15, 0.2) is 30.6 Å². The first-order valence-corrected chi connectivity index (χ1v) is 8.32. The molecule has 1 aromatic heterocycles. The molecule has 1 fully saturated rings. The van der Waals surface area contributed by atoms with Crippen LogP contribution in [0.1, 0.15) is 5.56 Å². The maximum atomic E-state index is 10.7. The van der Waals surface area contributed by atoms with Gasteiger partial charge in [-0.15, -0.1) is 0 Å². The van der Waals surface area contributed by atoms with Crippen molar-refractivity contribution >= 4 is 28.9 Å². The van der Waals surface area contributed by atoms with Crippen molar-refractivity contribution in [2.75, 3.05) is 26.2 Å². The number of nitro groups is 1. The lowest BCUT2D eigenvalue weighted by atomic mass is 10.2. The minimum atomic E-state index is -0.432. The summed E-state index contributed by atoms with van der Waals surface area (Å²) in [5.74, 6) is 0. The highest BCUT2D eigenvalue weighted by atomic mass is 35.5. The first kappa shape index (κ1) is 17.2. The molecule has 0 unspecified atom stereocenters. The quantitative estimate of drug-likeness (QED) is 0.598. The van der Waals surface area contributed by atoms with Crippen molar-refractivity contribution in [1.29, 1.82) is 0 Å². The second-order valence-electron chi connectivity index (χ2n) is 5.78. The summed E-state index contributed by atoms with van der Waals surface area (Å²) in [6.45, 7) is 5.00. The second-order valence-corrected chi connectivity index (χ2v) is 6.59. The molecule has 0 spiro atoms. The average molecular weight is 370 g/mol. The lowest BCUT2D eigenvalue weighted by molar-refractivity contribution is -0.385. The molecule has 9 heteroatoms. The summed E-state index contributed by atoms with van der Waals surface area (Å²) in [5.41, 5.74) is 1.16. The Morgan fingerprint density at radius 1 is 1.12 bits per heavy atom. The van der Waals surface area contributed by atoms with E-state index in [1.165, 1.54) is 12.4 Å². The standard InChI is InChI=1S/C15H17Cl2N5O2/c16-14-2-1-12(7-15(14)17)9-19-3-5-20(6-4-19)11-21-10-13(8-18-21)22(23)24/h1-2,7-8,10H,3-6,9,11H2. The van der Waals surface area contributed by atoms with Crippen LogP contribution in [0.2, 0.25) is 10.0 Å². The first-order chi connectivity index (χ1) is 11.5. The summed E-state index contributed by atoms with van der Waals surface area (Å²) in [5, 5.41) is 15.9. The molecule has 1 aromatic carbocycles. The van der Waals surface area contributed by atoms with E-state index in [2.05, 4.69) is 14.9 Å². The van der Waals surface area contributed by atoms with E-state index in [0.29, 0.717) is 16.7 Å². The molecule has 2 aromatic rings. The molecule has 2 heterocycles. The third-order valence-corrected chi connectivity index (χ3v) is 4.77. The molecule has 0 bridgehead atoms. The highest BCUT2D eigenvalue weighted by Crippen LogP contribution is 2.23. The van der Waals surface area contributed by atoms with E-state index in [4.69, 9.17) is 23.2 Å². The number of hydrogen-bond acceptors (Lipinski definition) is 5. The molecule has 24 heavy (non-hydrogen) atoms. The van der Waals surface area contributed by atoms with Gasteiger partial charge in [0.2, 0.25) is 0 Å². The van der Waals surface area contributed by atoms with Crippen molar-refractivity contribution in [1.82, 2.24) is 19.6 Å². The van der Waals surface area contributed by atoms with Gasteiger partial charge in [-0.25, -0.2) is 0 Å². The highest BCUT2D eigenvalue weighted by molar-refractivity contribution is 6.42. The maximum absolute atomic E-state index is 10.7. The number of aromatic nitrogens is 2. The van der Waals surface area contributed by atoms with Crippen LogP contribution in [0.4, 0.5) is 5.69 Å². The van der Waals surface area contributed by atoms with E-state index in [-0.39, 0.29) is 5.69 Å². The van der Waals surface area contributed by atoms with Crippen LogP contribution in [0.3, 0.4) is 0 Å². The van der Waals surface area contributed by atoms with E-state index in [0.717, 1.165) is 38.3 Å². The maximum Gasteiger partial charge on any atom is 0.307 e. The number of benzene rings is 1. The molecule has 3 rings (SSSR count). The van der Waals surface area contributed by atoms with Gasteiger partial charge in [-0.1, -0.05) is 29.3 Å². The molecule has 0 saturated carbocycles. The number of nitrogens with zero attached hydrogens (tertiary/aromatic N) is 5. The Kier molecular flexibility index (Phi) is 5.35. The average Bonchev–Trinajstić information content (AvgIpc) is 3.02. The zero-order valence-corrected chi connectivity index (χ0v) is 14.4. The smallest absolute Gasteiger partial charge is 0.297 e. The molecule has 1 saturated heterocycles. The topological polar surface area (TPSA) is 67.4 Å². The van der Waals surface area contributed by atoms with E-state index >= 15 is 0 Å². The Hall–Kier alpha value is -1.67. The van der Waals surface area contributed by atoms with Crippen LogP contribution in [0, 0.1) is 10.1 Å². The largest absolute Gasteiger partial charge is 0.307 e. The van der Waals surface area contributed by atoms with Crippen LogP contribution in [0.5, 0.6) is 0 Å². The zero-order chi connectivity index (χ0) is 17.1. The molecular weight excluding hydrogens is 353 g/mol. The van der Waals surface area contributed by atoms with Gasteiger partial charge in [0, 0.05) is 32.7 Å². The summed E-state index contributed by atoms with van der Waals surface area (Å²) in [6, 6.07) is 5.71. The fourth-order valence-corrected chi connectivity index (χ4v) is 3.03. The number of rotatable bonds is 5. The van der Waals surface area contributed by atoms with Crippen LogP contribution in [-0.2, 0) is 13.2 Å². The van der Waals surface area contributed by atoms with Gasteiger partial charge in [-0.2, -0.15) is 5.10 Å². The van der Waals surface area contributed by atoms with Crippen LogP contribution >= 0.6 is 23.2 Å². The summed E-state index contributed by atoms with van der Waals surface area (Å²) >= 11 is 12.0. The number of piperazine rings is 1. The predicted molar refractivity (Wildman–Crippen MR) is 92.2 cm³/mol. The second kappa shape index (κ2) is 7.48. The zero-order valence-electron chi connectivity index (χ0n) is 12.9. The summed E-state index contributed by atoms with van der Waals surface area (Å²) in [7, 11) is 0. The Balaban J connectivity index is 1.49. The van der Waals surface area contributed by atoms with E-state index < -0.39 is 4.92 Å². The SMILES string of the molecule is O=[N+]([O-])c1cnn(CN2CCN(Cc3ccc(Cl)c(Cl)c3)CC2)c1. The normalized spacial score (nSPS) is 16.4. The number of halogens is 2. The van der Waals surface area contributed by atoms with Crippen molar-refractivity contribution in [2.24, 2.45) is 0 Å². The van der Waals surface area contributed by atoms with Crippen molar-refractivity contribution in [3.8, 4) is 0 Å². The van der Waals surface area contributed by atoms with Gasteiger partial charge in [0.25, 0.3) is 0 Å². The van der Waals surface area contributed by atoms with E-state index in [9.17, 15) is 10.1 Å². The predicted octanol–water partition coefficient (Wildman–Crippen LogP) is 2.87. The first-order valence-electron chi connectivity index (χ1n) is 7.57. The van der Waals surface area contributed by atoms with Crippen molar-refractivity contribution in [2.45, 2.75) is 13.2 Å². The lowest BCUT2D eigenvalue weighted by Gasteiger charge is -2.34. The molecule has 128 valence electrons. The summed E-state index contributed by atoms with van der Waals surface area (Å²) < 4.78 is 1.60. The van der Waals surface area contributed by atoms with Crippen molar-refractivity contribution in [3.63, 3.8) is 0 Å². The third-order valence-electron chi connectivity index (χ3n) is 4.03. The summed E-state index contributed by atoms with van der Waals surface area (Å²) in [6.07, 6.45) is 2.74. The van der Waals surface area contributed by atoms with Crippen LogP contribution in [-0.4, -0.2) is 50.7 Å². The van der Waals surface area contributed by atoms with E-state index in [1.807, 2.05) is 18.2 Å². The van der Waals surface area contributed by atoms with Crippen molar-refractivity contribution < 1.29 is 4.92 Å². The molecule has 1 aliphatic heterocycles. The molecule has 0 aliphatic carbocycles. The minimum absolute atomic E-state index is 0.0215. The molecule has 0 N–H and O–H groups in total. The molecule has 1 aliphatic rings. The van der Waals surface area contributed by atoms with Gasteiger partial charge in [-0.05, 0) is 17.7 Å². The van der Waals surface area contributed by atoms with Gasteiger partial charge in [0.15, 0.2) is 0 Å². The lowest BCUT2D eigenvalue weighted by Crippen LogP contribution is -2.46. The Morgan fingerprint density at radius 2 is 1.83 bits per heavy atom. The fraction of sp³-hybridized carbons (Fsp3) is 0.400. The van der Waals surface area contributed by atoms with Gasteiger partial charge in [0.05, 0.1) is 21.6 Å². The minimum Gasteiger partial charge on any atom is -0.297 e.